The molecule has 0 saturated carbocycles. The Morgan fingerprint density at radius 1 is 1.21 bits per heavy atom. The highest BCUT2D eigenvalue weighted by Gasteiger charge is 2.22. The van der Waals surface area contributed by atoms with Crippen LogP contribution < -0.4 is 9.46 Å². The first-order chi connectivity index (χ1) is 13.4. The molecule has 1 aliphatic heterocycles. The van der Waals surface area contributed by atoms with Crippen LogP contribution in [-0.2, 0) is 27.8 Å². The van der Waals surface area contributed by atoms with Gasteiger partial charge in [-0.2, -0.15) is 0 Å². The largest absolute Gasteiger partial charge is 0.494 e. The number of rotatable bonds is 7. The van der Waals surface area contributed by atoms with Crippen LogP contribution in [0.1, 0.15) is 24.5 Å². The van der Waals surface area contributed by atoms with Gasteiger partial charge in [-0.15, -0.1) is 0 Å². The van der Waals surface area contributed by atoms with E-state index in [2.05, 4.69) is 4.72 Å². The number of nitrogens with zero attached hydrogens (tertiary/aromatic N) is 1. The maximum absolute atomic E-state index is 12.5. The summed E-state index contributed by atoms with van der Waals surface area (Å²) in [5, 5.41) is 0.152. The first-order valence-corrected chi connectivity index (χ1v) is 11.0. The summed E-state index contributed by atoms with van der Waals surface area (Å²) >= 11 is 5.95. The normalized spacial score (nSPS) is 13.9. The van der Waals surface area contributed by atoms with Gasteiger partial charge in [-0.3, -0.25) is 4.79 Å². The first-order valence-electron chi connectivity index (χ1n) is 9.17. The van der Waals surface area contributed by atoms with Gasteiger partial charge in [0.2, 0.25) is 15.9 Å². The summed E-state index contributed by atoms with van der Waals surface area (Å²) < 4.78 is 32.7. The average molecular weight is 423 g/mol. The fourth-order valence-corrected chi connectivity index (χ4v) is 4.74. The maximum Gasteiger partial charge on any atom is 0.242 e. The molecule has 0 atom stereocenters. The van der Waals surface area contributed by atoms with Gasteiger partial charge < -0.3 is 9.64 Å². The Morgan fingerprint density at radius 2 is 2.00 bits per heavy atom. The monoisotopic (exact) mass is 422 g/mol. The van der Waals surface area contributed by atoms with Crippen molar-refractivity contribution in [3.63, 3.8) is 0 Å². The Bertz CT molecular complexity index is 962. The quantitative estimate of drug-likeness (QED) is 0.744. The third-order valence-electron chi connectivity index (χ3n) is 4.61. The fraction of sp³-hybridized carbons (Fsp3) is 0.350. The summed E-state index contributed by atoms with van der Waals surface area (Å²) in [5.41, 5.74) is 2.29. The standard InChI is InChI=1S/C20H23ClN2O4S/c1-2-27-17-8-7-15-10-12-23(14-16(15)13-17)20(24)9-11-22-28(25,26)19-6-4-3-5-18(19)21/h3-8,13,22H,2,9-12,14H2,1H3. The minimum Gasteiger partial charge on any atom is -0.494 e. The molecule has 1 aliphatic rings. The topological polar surface area (TPSA) is 75.7 Å². The molecule has 1 heterocycles. The lowest BCUT2D eigenvalue weighted by atomic mass is 9.99. The molecule has 2 aromatic carbocycles. The Morgan fingerprint density at radius 3 is 2.75 bits per heavy atom. The van der Waals surface area contributed by atoms with E-state index in [9.17, 15) is 13.2 Å². The summed E-state index contributed by atoms with van der Waals surface area (Å²) in [4.78, 5) is 14.3. The van der Waals surface area contributed by atoms with Crippen LogP contribution in [0.15, 0.2) is 47.4 Å². The number of nitrogens with one attached hydrogen (secondary N) is 1. The molecule has 0 unspecified atom stereocenters. The van der Waals surface area contributed by atoms with Gasteiger partial charge in [0.1, 0.15) is 10.6 Å². The van der Waals surface area contributed by atoms with Crippen molar-refractivity contribution < 1.29 is 17.9 Å². The van der Waals surface area contributed by atoms with Crippen molar-refractivity contribution in [2.45, 2.75) is 31.2 Å². The molecule has 1 amide bonds. The molecule has 1 N–H and O–H groups in total. The van der Waals surface area contributed by atoms with E-state index in [1.807, 2.05) is 25.1 Å². The van der Waals surface area contributed by atoms with Gasteiger partial charge in [0.15, 0.2) is 0 Å². The van der Waals surface area contributed by atoms with Crippen molar-refractivity contribution in [2.75, 3.05) is 19.7 Å². The second kappa shape index (κ2) is 8.94. The lowest BCUT2D eigenvalue weighted by Gasteiger charge is -2.29. The molecule has 0 spiro atoms. The SMILES string of the molecule is CCOc1ccc2c(c1)CN(C(=O)CCNS(=O)(=O)c1ccccc1Cl)CC2. The van der Waals surface area contributed by atoms with Crippen LogP contribution in [0.25, 0.3) is 0 Å². The lowest BCUT2D eigenvalue weighted by Crippen LogP contribution is -2.38. The van der Waals surface area contributed by atoms with Crippen molar-refractivity contribution in [2.24, 2.45) is 0 Å². The zero-order chi connectivity index (χ0) is 20.1. The fourth-order valence-electron chi connectivity index (χ4n) is 3.19. The number of carbonyl (C=O) groups is 1. The van der Waals surface area contributed by atoms with E-state index < -0.39 is 10.0 Å². The number of ether oxygens (including phenoxy) is 1. The number of hydrogen-bond acceptors (Lipinski definition) is 4. The predicted molar refractivity (Wildman–Crippen MR) is 108 cm³/mol. The van der Waals surface area contributed by atoms with Crippen LogP contribution in [0.5, 0.6) is 5.75 Å². The molecule has 0 saturated heterocycles. The number of amides is 1. The lowest BCUT2D eigenvalue weighted by molar-refractivity contribution is -0.131. The van der Waals surface area contributed by atoms with Gasteiger partial charge >= 0.3 is 0 Å². The van der Waals surface area contributed by atoms with Crippen LogP contribution >= 0.6 is 11.6 Å². The maximum atomic E-state index is 12.5. The van der Waals surface area contributed by atoms with Crippen molar-refractivity contribution in [3.8, 4) is 5.75 Å². The van der Waals surface area contributed by atoms with Gasteiger partial charge in [-0.25, -0.2) is 13.1 Å². The Balaban J connectivity index is 1.57. The number of halogens is 1. The van der Waals surface area contributed by atoms with Gasteiger partial charge in [-0.1, -0.05) is 29.8 Å². The van der Waals surface area contributed by atoms with Crippen molar-refractivity contribution in [1.29, 1.82) is 0 Å². The molecule has 6 nitrogen and oxygen atoms in total. The highest BCUT2D eigenvalue weighted by molar-refractivity contribution is 7.89. The molecule has 0 radical (unpaired) electrons. The van der Waals surface area contributed by atoms with Crippen LogP contribution in [0.4, 0.5) is 0 Å². The number of sulfonamides is 1. The summed E-state index contributed by atoms with van der Waals surface area (Å²) in [6, 6.07) is 12.2. The number of benzene rings is 2. The van der Waals surface area contributed by atoms with Gasteiger partial charge in [0.25, 0.3) is 0 Å². The second-order valence-electron chi connectivity index (χ2n) is 6.51. The Kier molecular flexibility index (Phi) is 6.59. The van der Waals surface area contributed by atoms with Crippen molar-refractivity contribution in [1.82, 2.24) is 9.62 Å². The first kappa shape index (κ1) is 20.6. The van der Waals surface area contributed by atoms with Crippen molar-refractivity contribution >= 4 is 27.5 Å². The van der Waals surface area contributed by atoms with E-state index in [4.69, 9.17) is 16.3 Å². The molecule has 0 bridgehead atoms. The van der Waals surface area contributed by atoms with E-state index >= 15 is 0 Å². The smallest absolute Gasteiger partial charge is 0.242 e. The van der Waals surface area contributed by atoms with Crippen LogP contribution in [0.2, 0.25) is 5.02 Å². The third kappa shape index (κ3) is 4.84. The van der Waals surface area contributed by atoms with E-state index in [1.54, 1.807) is 17.0 Å². The Hall–Kier alpha value is -2.09. The van der Waals surface area contributed by atoms with Gasteiger partial charge in [0, 0.05) is 26.1 Å². The minimum atomic E-state index is -3.75. The van der Waals surface area contributed by atoms with Gasteiger partial charge in [0.05, 0.1) is 11.6 Å². The molecule has 8 heteroatoms. The molecule has 2 aromatic rings. The Labute approximate surface area is 170 Å². The zero-order valence-corrected chi connectivity index (χ0v) is 17.2. The third-order valence-corrected chi connectivity index (χ3v) is 6.57. The van der Waals surface area contributed by atoms with Crippen LogP contribution in [-0.4, -0.2) is 38.9 Å². The highest BCUT2D eigenvalue weighted by Crippen LogP contribution is 2.24. The van der Waals surface area contributed by atoms with Crippen LogP contribution in [0.3, 0.4) is 0 Å². The van der Waals surface area contributed by atoms with Crippen LogP contribution in [0, 0.1) is 0 Å². The molecular formula is C20H23ClN2O4S. The second-order valence-corrected chi connectivity index (χ2v) is 8.65. The predicted octanol–water partition coefficient (Wildman–Crippen LogP) is 2.99. The minimum absolute atomic E-state index is 0.0134. The molecular weight excluding hydrogens is 400 g/mol. The zero-order valence-electron chi connectivity index (χ0n) is 15.7. The summed E-state index contributed by atoms with van der Waals surface area (Å²) in [5.74, 6) is 0.706. The molecule has 0 fully saturated rings. The van der Waals surface area contributed by atoms with E-state index in [1.165, 1.54) is 17.7 Å². The average Bonchev–Trinajstić information content (AvgIpc) is 2.67. The molecule has 0 aromatic heterocycles. The number of hydrogen-bond donors (Lipinski definition) is 1. The summed E-state index contributed by atoms with van der Waals surface area (Å²) in [6.07, 6.45) is 0.864. The molecule has 150 valence electrons. The number of fused-ring (bicyclic) bond motifs is 1. The molecule has 3 rings (SSSR count). The summed E-state index contributed by atoms with van der Waals surface area (Å²) in [7, 11) is -3.75. The van der Waals surface area contributed by atoms with E-state index in [0.717, 1.165) is 17.7 Å². The van der Waals surface area contributed by atoms with E-state index in [0.29, 0.717) is 19.7 Å². The van der Waals surface area contributed by atoms with Crippen molar-refractivity contribution in [3.05, 3.63) is 58.6 Å². The highest BCUT2D eigenvalue weighted by atomic mass is 35.5. The molecule has 28 heavy (non-hydrogen) atoms. The van der Waals surface area contributed by atoms with Gasteiger partial charge in [-0.05, 0) is 48.7 Å². The summed E-state index contributed by atoms with van der Waals surface area (Å²) in [6.45, 7) is 3.67. The van der Waals surface area contributed by atoms with E-state index in [-0.39, 0.29) is 28.8 Å². The molecule has 0 aliphatic carbocycles. The number of carbonyl (C=O) groups excluding carboxylic acids is 1.